The van der Waals surface area contributed by atoms with E-state index in [1.54, 1.807) is 19.3 Å². The lowest BCUT2D eigenvalue weighted by Crippen LogP contribution is -2.21. The average molecular weight is 303 g/mol. The minimum Gasteiger partial charge on any atom is -0.493 e. The van der Waals surface area contributed by atoms with Crippen molar-refractivity contribution in [3.8, 4) is 11.5 Å². The molecule has 0 fully saturated rings. The summed E-state index contributed by atoms with van der Waals surface area (Å²) in [4.78, 5) is 16.2. The second kappa shape index (κ2) is 6.22. The fraction of sp³-hybridized carbons (Fsp3) is 0.412. The van der Waals surface area contributed by atoms with Crippen LogP contribution in [-0.2, 0) is 9.53 Å². The molecule has 1 aromatic rings. The van der Waals surface area contributed by atoms with E-state index < -0.39 is 5.97 Å². The van der Waals surface area contributed by atoms with Gasteiger partial charge in [-0.05, 0) is 30.7 Å². The second-order valence-electron chi connectivity index (χ2n) is 5.93. The zero-order valence-corrected chi connectivity index (χ0v) is 13.6. The first-order valence-corrected chi connectivity index (χ1v) is 7.19. The van der Waals surface area contributed by atoms with Gasteiger partial charge in [-0.25, -0.2) is 9.79 Å². The molecule has 2 rings (SSSR count). The molecule has 0 saturated carbocycles. The topological polar surface area (TPSA) is 57.1 Å². The first kappa shape index (κ1) is 16.1. The number of rotatable bonds is 4. The largest absolute Gasteiger partial charge is 0.493 e. The molecule has 0 atom stereocenters. The maximum atomic E-state index is 11.9. The molecule has 5 heteroatoms. The number of benzene rings is 1. The molecule has 0 radical (unpaired) electrons. The van der Waals surface area contributed by atoms with Crippen LogP contribution in [0.2, 0.25) is 0 Å². The fourth-order valence-electron chi connectivity index (χ4n) is 1.94. The van der Waals surface area contributed by atoms with Crippen LogP contribution >= 0.6 is 0 Å². The van der Waals surface area contributed by atoms with E-state index >= 15 is 0 Å². The van der Waals surface area contributed by atoms with Crippen LogP contribution in [0.1, 0.15) is 33.3 Å². The van der Waals surface area contributed by atoms with Crippen molar-refractivity contribution in [1.82, 2.24) is 0 Å². The van der Waals surface area contributed by atoms with E-state index in [-0.39, 0.29) is 11.1 Å². The van der Waals surface area contributed by atoms with Gasteiger partial charge in [-0.15, -0.1) is 0 Å². The third-order valence-electron chi connectivity index (χ3n) is 3.05. The van der Waals surface area contributed by atoms with Crippen molar-refractivity contribution in [2.45, 2.75) is 27.7 Å². The van der Waals surface area contributed by atoms with Gasteiger partial charge in [0.2, 0.25) is 5.90 Å². The molecule has 5 nitrogen and oxygen atoms in total. The maximum absolute atomic E-state index is 11.9. The summed E-state index contributed by atoms with van der Waals surface area (Å²) in [6.07, 6.45) is 1.68. The lowest BCUT2D eigenvalue weighted by Gasteiger charge is -2.15. The van der Waals surface area contributed by atoms with Gasteiger partial charge in [0.05, 0.1) is 13.7 Å². The molecule has 118 valence electrons. The molecule has 0 saturated heterocycles. The predicted octanol–water partition coefficient (Wildman–Crippen LogP) is 3.44. The third kappa shape index (κ3) is 3.47. The van der Waals surface area contributed by atoms with Crippen LogP contribution in [0.25, 0.3) is 6.08 Å². The number of hydrogen-bond acceptors (Lipinski definition) is 5. The minimum absolute atomic E-state index is 0.289. The zero-order chi connectivity index (χ0) is 16.3. The molecule has 0 amide bonds. The standard InChI is InChI=1S/C17H21NO4/c1-6-21-14-10-11(7-8-13(14)20-5)9-12-15(19)22-16(18-12)17(2,3)4/h7-10H,6H2,1-5H3/b12-9-. The number of hydrogen-bond donors (Lipinski definition) is 0. The van der Waals surface area contributed by atoms with Crippen molar-refractivity contribution in [3.63, 3.8) is 0 Å². The van der Waals surface area contributed by atoms with E-state index in [1.165, 1.54) is 0 Å². The number of esters is 1. The Kier molecular flexibility index (Phi) is 4.54. The highest BCUT2D eigenvalue weighted by Gasteiger charge is 2.31. The van der Waals surface area contributed by atoms with Gasteiger partial charge in [-0.3, -0.25) is 0 Å². The van der Waals surface area contributed by atoms with Gasteiger partial charge < -0.3 is 14.2 Å². The van der Waals surface area contributed by atoms with Crippen molar-refractivity contribution in [3.05, 3.63) is 29.5 Å². The van der Waals surface area contributed by atoms with Crippen molar-refractivity contribution in [2.24, 2.45) is 10.4 Å². The zero-order valence-electron chi connectivity index (χ0n) is 13.6. The van der Waals surface area contributed by atoms with Crippen LogP contribution < -0.4 is 9.47 Å². The molecule has 0 unspecified atom stereocenters. The number of carbonyl (C=O) groups excluding carboxylic acids is 1. The summed E-state index contributed by atoms with van der Waals surface area (Å²) in [7, 11) is 1.59. The van der Waals surface area contributed by atoms with Crippen molar-refractivity contribution in [1.29, 1.82) is 0 Å². The van der Waals surface area contributed by atoms with Crippen LogP contribution in [0.4, 0.5) is 0 Å². The van der Waals surface area contributed by atoms with Crippen LogP contribution in [-0.4, -0.2) is 25.6 Å². The molecule has 22 heavy (non-hydrogen) atoms. The Morgan fingerprint density at radius 2 is 2.00 bits per heavy atom. The van der Waals surface area contributed by atoms with Crippen LogP contribution in [0, 0.1) is 5.41 Å². The summed E-state index contributed by atoms with van der Waals surface area (Å²) in [5.41, 5.74) is 0.786. The first-order chi connectivity index (χ1) is 10.3. The van der Waals surface area contributed by atoms with Crippen LogP contribution in [0.3, 0.4) is 0 Å². The number of methoxy groups -OCH3 is 1. The molecule has 0 aliphatic carbocycles. The third-order valence-corrected chi connectivity index (χ3v) is 3.05. The summed E-state index contributed by atoms with van der Waals surface area (Å²) in [5, 5.41) is 0. The number of carbonyl (C=O) groups is 1. The highest BCUT2D eigenvalue weighted by molar-refractivity contribution is 6.08. The molecular weight excluding hydrogens is 282 g/mol. The monoisotopic (exact) mass is 303 g/mol. The summed E-state index contributed by atoms with van der Waals surface area (Å²) >= 11 is 0. The Morgan fingerprint density at radius 1 is 1.27 bits per heavy atom. The Bertz CT molecular complexity index is 639. The molecule has 1 heterocycles. The van der Waals surface area contributed by atoms with Gasteiger partial charge in [0.1, 0.15) is 0 Å². The lowest BCUT2D eigenvalue weighted by molar-refractivity contribution is -0.130. The van der Waals surface area contributed by atoms with E-state index in [1.807, 2.05) is 39.8 Å². The summed E-state index contributed by atoms with van der Waals surface area (Å²) in [6, 6.07) is 5.45. The fourth-order valence-corrected chi connectivity index (χ4v) is 1.94. The number of nitrogens with zero attached hydrogens (tertiary/aromatic N) is 1. The highest BCUT2D eigenvalue weighted by Crippen LogP contribution is 2.30. The Morgan fingerprint density at radius 3 is 2.55 bits per heavy atom. The predicted molar refractivity (Wildman–Crippen MR) is 85.1 cm³/mol. The summed E-state index contributed by atoms with van der Waals surface area (Å²) in [5.74, 6) is 1.28. The van der Waals surface area contributed by atoms with Gasteiger partial charge in [0.25, 0.3) is 0 Å². The van der Waals surface area contributed by atoms with E-state index in [0.717, 1.165) is 5.56 Å². The van der Waals surface area contributed by atoms with Gasteiger partial charge in [-0.2, -0.15) is 0 Å². The minimum atomic E-state index is -0.432. The van der Waals surface area contributed by atoms with Crippen molar-refractivity contribution < 1.29 is 19.0 Å². The number of ether oxygens (including phenoxy) is 3. The van der Waals surface area contributed by atoms with Gasteiger partial charge >= 0.3 is 5.97 Å². The second-order valence-corrected chi connectivity index (χ2v) is 5.93. The van der Waals surface area contributed by atoms with Crippen LogP contribution in [0.5, 0.6) is 11.5 Å². The molecule has 0 N–H and O–H groups in total. The molecular formula is C17H21NO4. The van der Waals surface area contributed by atoms with Crippen molar-refractivity contribution >= 4 is 17.9 Å². The summed E-state index contributed by atoms with van der Waals surface area (Å²) < 4.78 is 16.0. The first-order valence-electron chi connectivity index (χ1n) is 7.19. The van der Waals surface area contributed by atoms with E-state index in [9.17, 15) is 4.79 Å². The molecule has 0 bridgehead atoms. The Balaban J connectivity index is 2.35. The highest BCUT2D eigenvalue weighted by atomic mass is 16.6. The molecule has 0 spiro atoms. The lowest BCUT2D eigenvalue weighted by atomic mass is 9.97. The van der Waals surface area contributed by atoms with Gasteiger partial charge in [0.15, 0.2) is 17.2 Å². The number of cyclic esters (lactones) is 1. The maximum Gasteiger partial charge on any atom is 0.363 e. The van der Waals surface area contributed by atoms with E-state index in [4.69, 9.17) is 14.2 Å². The summed E-state index contributed by atoms with van der Waals surface area (Å²) in [6.45, 7) is 8.28. The Labute approximate surface area is 130 Å². The smallest absolute Gasteiger partial charge is 0.363 e. The normalized spacial score (nSPS) is 16.5. The van der Waals surface area contributed by atoms with Crippen LogP contribution in [0.15, 0.2) is 28.9 Å². The van der Waals surface area contributed by atoms with Gasteiger partial charge in [0, 0.05) is 5.41 Å². The van der Waals surface area contributed by atoms with E-state index in [2.05, 4.69) is 4.99 Å². The molecule has 1 aliphatic rings. The molecule has 1 aromatic carbocycles. The number of aliphatic imine (C=N–C) groups is 1. The van der Waals surface area contributed by atoms with Gasteiger partial charge in [-0.1, -0.05) is 26.8 Å². The van der Waals surface area contributed by atoms with E-state index in [0.29, 0.717) is 24.0 Å². The van der Waals surface area contributed by atoms with Crippen molar-refractivity contribution in [2.75, 3.05) is 13.7 Å². The quantitative estimate of drug-likeness (QED) is 0.631. The SMILES string of the molecule is CCOc1cc(/C=C2\N=C(C(C)(C)C)OC2=O)ccc1OC. The Hall–Kier alpha value is -2.30. The molecule has 1 aliphatic heterocycles. The average Bonchev–Trinajstić information content (AvgIpc) is 2.81. The molecule has 0 aromatic heterocycles.